The lowest BCUT2D eigenvalue weighted by Gasteiger charge is -2.21. The van der Waals surface area contributed by atoms with Gasteiger partial charge in [-0.15, -0.1) is 0 Å². The third-order valence-corrected chi connectivity index (χ3v) is 2.85. The van der Waals surface area contributed by atoms with E-state index in [1.54, 1.807) is 17.4 Å². The number of ether oxygens (including phenoxy) is 2. The maximum absolute atomic E-state index is 11.4. The first-order valence-electron chi connectivity index (χ1n) is 6.34. The third-order valence-electron chi connectivity index (χ3n) is 2.85. The van der Waals surface area contributed by atoms with E-state index < -0.39 is 11.9 Å². The average molecular weight is 283 g/mol. The Bertz CT molecular complexity index is 438. The molecule has 1 aromatic heterocycles. The Balaban J connectivity index is 2.79. The Labute approximate surface area is 118 Å². The van der Waals surface area contributed by atoms with E-state index in [1.165, 1.54) is 14.2 Å². The Kier molecular flexibility index (Phi) is 6.17. The number of nitrogens with zero attached hydrogens (tertiary/aromatic N) is 3. The predicted octanol–water partition coefficient (Wildman–Crippen LogP) is 0.612. The average Bonchev–Trinajstić information content (AvgIpc) is 2.86. The second-order valence-corrected chi connectivity index (χ2v) is 4.68. The zero-order valence-electron chi connectivity index (χ0n) is 12.3. The van der Waals surface area contributed by atoms with E-state index in [-0.39, 0.29) is 19.1 Å². The zero-order valence-corrected chi connectivity index (χ0v) is 12.3. The minimum absolute atomic E-state index is 0.0227. The van der Waals surface area contributed by atoms with Gasteiger partial charge in [-0.05, 0) is 13.8 Å². The summed E-state index contributed by atoms with van der Waals surface area (Å²) in [5, 5.41) is 0. The van der Waals surface area contributed by atoms with E-state index in [0.717, 1.165) is 5.69 Å². The number of hydrogen-bond acceptors (Lipinski definition) is 6. The first-order chi connectivity index (χ1) is 9.47. The van der Waals surface area contributed by atoms with Gasteiger partial charge in [0.2, 0.25) is 0 Å². The van der Waals surface area contributed by atoms with Crippen molar-refractivity contribution in [1.29, 1.82) is 0 Å². The van der Waals surface area contributed by atoms with Crippen LogP contribution in [0.3, 0.4) is 0 Å². The highest BCUT2D eigenvalue weighted by Crippen LogP contribution is 2.11. The lowest BCUT2D eigenvalue weighted by Crippen LogP contribution is -2.35. The molecule has 1 aromatic rings. The van der Waals surface area contributed by atoms with E-state index >= 15 is 0 Å². The fourth-order valence-electron chi connectivity index (χ4n) is 1.81. The largest absolute Gasteiger partial charge is 0.468 e. The molecule has 0 saturated carbocycles. The van der Waals surface area contributed by atoms with E-state index in [4.69, 9.17) is 0 Å². The molecule has 1 heterocycles. The van der Waals surface area contributed by atoms with Crippen molar-refractivity contribution in [2.75, 3.05) is 27.3 Å². The van der Waals surface area contributed by atoms with Crippen molar-refractivity contribution in [2.45, 2.75) is 26.4 Å². The molecule has 0 atom stereocenters. The number of carbonyl (C=O) groups is 2. The van der Waals surface area contributed by atoms with Crippen LogP contribution in [0.2, 0.25) is 0 Å². The Morgan fingerprint density at radius 3 is 2.25 bits per heavy atom. The van der Waals surface area contributed by atoms with Crippen LogP contribution in [0.25, 0.3) is 0 Å². The number of imidazole rings is 1. The molecule has 0 saturated heterocycles. The molecule has 0 aliphatic rings. The van der Waals surface area contributed by atoms with Gasteiger partial charge in [0.15, 0.2) is 0 Å². The molecule has 0 aromatic carbocycles. The number of hydrogen-bond donors (Lipinski definition) is 0. The van der Waals surface area contributed by atoms with Crippen molar-refractivity contribution in [2.24, 2.45) is 0 Å². The van der Waals surface area contributed by atoms with Crippen LogP contribution in [0.1, 0.15) is 25.6 Å². The quantitative estimate of drug-likeness (QED) is 0.683. The summed E-state index contributed by atoms with van der Waals surface area (Å²) >= 11 is 0. The van der Waals surface area contributed by atoms with Crippen molar-refractivity contribution in [3.8, 4) is 0 Å². The first-order valence-corrected chi connectivity index (χ1v) is 6.34. The molecule has 0 spiro atoms. The molecule has 1 rings (SSSR count). The highest BCUT2D eigenvalue weighted by Gasteiger charge is 2.18. The van der Waals surface area contributed by atoms with Gasteiger partial charge in [0.05, 0.1) is 39.3 Å². The highest BCUT2D eigenvalue weighted by atomic mass is 16.5. The molecule has 0 unspecified atom stereocenters. The molecule has 0 amide bonds. The number of aromatic nitrogens is 2. The summed E-state index contributed by atoms with van der Waals surface area (Å²) in [6.07, 6.45) is 3.45. The highest BCUT2D eigenvalue weighted by molar-refractivity contribution is 5.74. The van der Waals surface area contributed by atoms with Gasteiger partial charge < -0.3 is 14.0 Å². The second-order valence-electron chi connectivity index (χ2n) is 4.68. The molecule has 0 N–H and O–H groups in total. The summed E-state index contributed by atoms with van der Waals surface area (Å²) in [6.45, 7) is 4.54. The maximum atomic E-state index is 11.4. The lowest BCUT2D eigenvalue weighted by atomic mass is 10.3. The normalized spacial score (nSPS) is 10.9. The van der Waals surface area contributed by atoms with Gasteiger partial charge >= 0.3 is 11.9 Å². The topological polar surface area (TPSA) is 73.7 Å². The lowest BCUT2D eigenvalue weighted by molar-refractivity contribution is -0.145. The summed E-state index contributed by atoms with van der Waals surface area (Å²) < 4.78 is 11.3. The molecule has 0 aliphatic heterocycles. The molecule has 112 valence electrons. The number of carbonyl (C=O) groups excluding carboxylic acids is 2. The van der Waals surface area contributed by atoms with Gasteiger partial charge in [0.1, 0.15) is 0 Å². The summed E-state index contributed by atoms with van der Waals surface area (Å²) in [4.78, 5) is 28.6. The van der Waals surface area contributed by atoms with Crippen molar-refractivity contribution in [3.05, 3.63) is 18.2 Å². The van der Waals surface area contributed by atoms with E-state index in [9.17, 15) is 9.59 Å². The molecular formula is C13H21N3O4. The smallest absolute Gasteiger partial charge is 0.319 e. The molecule has 0 fully saturated rings. The van der Waals surface area contributed by atoms with Crippen LogP contribution < -0.4 is 0 Å². The molecular weight excluding hydrogens is 262 g/mol. The van der Waals surface area contributed by atoms with Gasteiger partial charge in [-0.3, -0.25) is 14.5 Å². The van der Waals surface area contributed by atoms with Crippen molar-refractivity contribution in [3.63, 3.8) is 0 Å². The molecule has 7 nitrogen and oxygen atoms in total. The number of rotatable bonds is 7. The van der Waals surface area contributed by atoms with Crippen LogP contribution in [-0.4, -0.2) is 53.7 Å². The predicted molar refractivity (Wildman–Crippen MR) is 71.9 cm³/mol. The van der Waals surface area contributed by atoms with E-state index in [2.05, 4.69) is 14.5 Å². The van der Waals surface area contributed by atoms with Crippen LogP contribution >= 0.6 is 0 Å². The summed E-state index contributed by atoms with van der Waals surface area (Å²) in [5.74, 6) is -0.797. The minimum Gasteiger partial charge on any atom is -0.468 e. The van der Waals surface area contributed by atoms with Crippen LogP contribution in [-0.2, 0) is 25.6 Å². The van der Waals surface area contributed by atoms with Gasteiger partial charge in [0.25, 0.3) is 0 Å². The SMILES string of the molecule is COC(=O)CN(CC(=O)OC)Cc1cncn1C(C)C. The Morgan fingerprint density at radius 2 is 1.80 bits per heavy atom. The Hall–Kier alpha value is -1.89. The third kappa shape index (κ3) is 4.65. The first kappa shape index (κ1) is 16.2. The molecule has 0 bridgehead atoms. The molecule has 0 radical (unpaired) electrons. The summed E-state index contributed by atoms with van der Waals surface area (Å²) in [7, 11) is 2.63. The van der Waals surface area contributed by atoms with Gasteiger partial charge in [-0.2, -0.15) is 0 Å². The molecule has 7 heteroatoms. The van der Waals surface area contributed by atoms with Gasteiger partial charge in [-0.25, -0.2) is 4.98 Å². The fourth-order valence-corrected chi connectivity index (χ4v) is 1.81. The molecule has 20 heavy (non-hydrogen) atoms. The van der Waals surface area contributed by atoms with Crippen LogP contribution in [0.15, 0.2) is 12.5 Å². The second kappa shape index (κ2) is 7.64. The van der Waals surface area contributed by atoms with Crippen molar-refractivity contribution < 1.29 is 19.1 Å². The summed E-state index contributed by atoms with van der Waals surface area (Å²) in [6, 6.07) is 0.255. The van der Waals surface area contributed by atoms with Crippen LogP contribution in [0.4, 0.5) is 0 Å². The number of methoxy groups -OCH3 is 2. The van der Waals surface area contributed by atoms with E-state index in [1.807, 2.05) is 18.4 Å². The number of esters is 2. The maximum Gasteiger partial charge on any atom is 0.319 e. The zero-order chi connectivity index (χ0) is 15.1. The van der Waals surface area contributed by atoms with E-state index in [0.29, 0.717) is 6.54 Å². The molecule has 0 aliphatic carbocycles. The monoisotopic (exact) mass is 283 g/mol. The van der Waals surface area contributed by atoms with Gasteiger partial charge in [0, 0.05) is 18.8 Å². The summed E-state index contributed by atoms with van der Waals surface area (Å²) in [5.41, 5.74) is 0.924. The standard InChI is InChI=1S/C13H21N3O4/c1-10(2)16-9-14-5-11(16)6-15(7-12(17)19-3)8-13(18)20-4/h5,9-10H,6-8H2,1-4H3. The Morgan fingerprint density at radius 1 is 1.25 bits per heavy atom. The fraction of sp³-hybridized carbons (Fsp3) is 0.615. The van der Waals surface area contributed by atoms with Crippen LogP contribution in [0, 0.1) is 0 Å². The minimum atomic E-state index is -0.399. The van der Waals surface area contributed by atoms with Crippen molar-refractivity contribution in [1.82, 2.24) is 14.5 Å². The van der Waals surface area contributed by atoms with Crippen LogP contribution in [0.5, 0.6) is 0 Å². The van der Waals surface area contributed by atoms with Crippen molar-refractivity contribution >= 4 is 11.9 Å². The van der Waals surface area contributed by atoms with Gasteiger partial charge in [-0.1, -0.05) is 0 Å².